The zero-order chi connectivity index (χ0) is 16.7. The van der Waals surface area contributed by atoms with Crippen LogP contribution in [-0.2, 0) is 13.0 Å². The van der Waals surface area contributed by atoms with Gasteiger partial charge in [0.15, 0.2) is 0 Å². The first-order valence-electron chi connectivity index (χ1n) is 9.00. The van der Waals surface area contributed by atoms with E-state index in [9.17, 15) is 4.79 Å². The van der Waals surface area contributed by atoms with Gasteiger partial charge in [0.2, 0.25) is 0 Å². The molecule has 0 radical (unpaired) electrons. The second kappa shape index (κ2) is 6.43. The predicted octanol–water partition coefficient (Wildman–Crippen LogP) is 1.43. The van der Waals surface area contributed by atoms with Gasteiger partial charge >= 0.3 is 0 Å². The summed E-state index contributed by atoms with van der Waals surface area (Å²) in [5.41, 5.74) is 4.33. The summed E-state index contributed by atoms with van der Waals surface area (Å²) < 4.78 is 0. The number of nitrogens with zero attached hydrogens (tertiary/aromatic N) is 3. The van der Waals surface area contributed by atoms with E-state index in [0.717, 1.165) is 55.3 Å². The fraction of sp³-hybridized carbons (Fsp3) is 0.667. The van der Waals surface area contributed by atoms with Gasteiger partial charge in [-0.3, -0.25) is 19.9 Å². The molecule has 130 valence electrons. The first-order valence-corrected chi connectivity index (χ1v) is 9.00. The summed E-state index contributed by atoms with van der Waals surface area (Å²) in [6.45, 7) is 3.06. The summed E-state index contributed by atoms with van der Waals surface area (Å²) in [5.74, 6) is 0.298. The fourth-order valence-corrected chi connectivity index (χ4v) is 4.87. The molecule has 0 aromatic carbocycles. The first kappa shape index (κ1) is 16.0. The van der Waals surface area contributed by atoms with Crippen molar-refractivity contribution >= 4 is 5.91 Å². The Morgan fingerprint density at radius 1 is 1.38 bits per heavy atom. The molecular formula is C18H26N4O2. The van der Waals surface area contributed by atoms with Crippen molar-refractivity contribution in [1.29, 1.82) is 0 Å². The van der Waals surface area contributed by atoms with E-state index in [1.54, 1.807) is 11.7 Å². The number of rotatable bonds is 3. The molecule has 2 N–H and O–H groups in total. The normalized spacial score (nSPS) is 30.2. The first-order chi connectivity index (χ1) is 11.6. The highest BCUT2D eigenvalue weighted by Gasteiger charge is 2.38. The number of hydroxylamine groups is 1. The van der Waals surface area contributed by atoms with E-state index in [4.69, 9.17) is 5.21 Å². The Kier molecular flexibility index (Phi) is 4.28. The molecule has 1 aromatic rings. The Labute approximate surface area is 142 Å². The lowest BCUT2D eigenvalue weighted by molar-refractivity contribution is 0.0705. The van der Waals surface area contributed by atoms with E-state index >= 15 is 0 Å². The summed E-state index contributed by atoms with van der Waals surface area (Å²) in [5, 5.41) is 8.80. The van der Waals surface area contributed by atoms with Gasteiger partial charge in [-0.05, 0) is 50.3 Å². The lowest BCUT2D eigenvalue weighted by Gasteiger charge is -2.39. The Morgan fingerprint density at radius 2 is 2.12 bits per heavy atom. The maximum atomic E-state index is 11.6. The molecule has 2 bridgehead atoms. The highest BCUT2D eigenvalue weighted by Crippen LogP contribution is 2.38. The van der Waals surface area contributed by atoms with Crippen molar-refractivity contribution in [3.05, 3.63) is 29.1 Å². The van der Waals surface area contributed by atoms with Crippen LogP contribution in [0.4, 0.5) is 0 Å². The van der Waals surface area contributed by atoms with E-state index in [-0.39, 0.29) is 0 Å². The Balaban J connectivity index is 1.42. The Bertz CT molecular complexity index is 621. The molecule has 2 saturated heterocycles. The molecule has 4 rings (SSSR count). The van der Waals surface area contributed by atoms with Crippen molar-refractivity contribution in [2.24, 2.45) is 5.92 Å². The minimum Gasteiger partial charge on any atom is -0.300 e. The number of carbonyl (C=O) groups excluding carboxylic acids is 1. The van der Waals surface area contributed by atoms with Crippen molar-refractivity contribution < 1.29 is 10.0 Å². The Morgan fingerprint density at radius 3 is 2.83 bits per heavy atom. The largest absolute Gasteiger partial charge is 0.300 e. The molecule has 6 nitrogen and oxygen atoms in total. The third-order valence-corrected chi connectivity index (χ3v) is 6.19. The van der Waals surface area contributed by atoms with Crippen molar-refractivity contribution in [2.75, 3.05) is 20.1 Å². The Hall–Kier alpha value is -1.50. The minimum absolute atomic E-state index is 0.426. The zero-order valence-electron chi connectivity index (χ0n) is 14.2. The second-order valence-electron chi connectivity index (χ2n) is 7.64. The lowest BCUT2D eigenvalue weighted by Crippen LogP contribution is -2.44. The molecule has 0 saturated carbocycles. The van der Waals surface area contributed by atoms with E-state index < -0.39 is 5.91 Å². The smallest absolute Gasteiger partial charge is 0.276 e. The van der Waals surface area contributed by atoms with Crippen LogP contribution in [0.15, 0.2) is 12.3 Å². The van der Waals surface area contributed by atoms with Gasteiger partial charge in [-0.2, -0.15) is 0 Å². The van der Waals surface area contributed by atoms with Crippen molar-refractivity contribution in [1.82, 2.24) is 20.3 Å². The molecular weight excluding hydrogens is 304 g/mol. The van der Waals surface area contributed by atoms with Crippen molar-refractivity contribution in [3.8, 4) is 0 Å². The van der Waals surface area contributed by atoms with Gasteiger partial charge in [0.1, 0.15) is 0 Å². The standard InChI is InChI=1S/C18H26N4O2/c1-21-15-2-3-16(21)7-12(6-15)10-22-5-4-17-14(11-22)8-13(9-19-17)18(23)20-24/h8-9,12,15-16,24H,2-7,10-11H2,1H3,(H,20,23)/t12?,15-,16+. The number of aromatic nitrogens is 1. The minimum atomic E-state index is -0.491. The number of carbonyl (C=O) groups is 1. The van der Waals surface area contributed by atoms with Crippen LogP contribution in [0, 0.1) is 5.92 Å². The molecule has 2 fully saturated rings. The van der Waals surface area contributed by atoms with E-state index in [1.807, 2.05) is 6.07 Å². The van der Waals surface area contributed by atoms with Crippen LogP contribution < -0.4 is 5.48 Å². The van der Waals surface area contributed by atoms with E-state index in [0.29, 0.717) is 5.56 Å². The van der Waals surface area contributed by atoms with Crippen LogP contribution in [0.5, 0.6) is 0 Å². The predicted molar refractivity (Wildman–Crippen MR) is 89.8 cm³/mol. The van der Waals surface area contributed by atoms with Gasteiger partial charge < -0.3 is 4.90 Å². The zero-order valence-corrected chi connectivity index (χ0v) is 14.2. The molecule has 1 aromatic heterocycles. The molecule has 3 atom stereocenters. The number of amides is 1. The average molecular weight is 330 g/mol. The maximum Gasteiger partial charge on any atom is 0.276 e. The number of nitrogens with one attached hydrogen (secondary N) is 1. The van der Waals surface area contributed by atoms with Crippen LogP contribution in [-0.4, -0.2) is 58.1 Å². The van der Waals surface area contributed by atoms with Crippen molar-refractivity contribution in [3.63, 3.8) is 0 Å². The van der Waals surface area contributed by atoms with Gasteiger partial charge in [-0.1, -0.05) is 0 Å². The molecule has 3 aliphatic rings. The molecule has 4 heterocycles. The average Bonchev–Trinajstić information content (AvgIpc) is 2.82. The quantitative estimate of drug-likeness (QED) is 0.648. The fourth-order valence-electron chi connectivity index (χ4n) is 4.87. The van der Waals surface area contributed by atoms with Crippen LogP contribution in [0.3, 0.4) is 0 Å². The summed E-state index contributed by atoms with van der Waals surface area (Å²) in [6, 6.07) is 3.44. The molecule has 6 heteroatoms. The van der Waals surface area contributed by atoms with Crippen molar-refractivity contribution in [2.45, 2.75) is 50.7 Å². The van der Waals surface area contributed by atoms with E-state index in [2.05, 4.69) is 21.8 Å². The third-order valence-electron chi connectivity index (χ3n) is 6.19. The number of pyridine rings is 1. The number of hydrogen-bond acceptors (Lipinski definition) is 5. The van der Waals surface area contributed by atoms with E-state index in [1.165, 1.54) is 25.7 Å². The summed E-state index contributed by atoms with van der Waals surface area (Å²) in [7, 11) is 2.29. The maximum absolute atomic E-state index is 11.6. The lowest BCUT2D eigenvalue weighted by atomic mass is 9.90. The highest BCUT2D eigenvalue weighted by molar-refractivity contribution is 5.93. The van der Waals surface area contributed by atoms with Crippen LogP contribution >= 0.6 is 0 Å². The van der Waals surface area contributed by atoms with Crippen LogP contribution in [0.2, 0.25) is 0 Å². The van der Waals surface area contributed by atoms with Gasteiger partial charge in [-0.25, -0.2) is 5.48 Å². The SMILES string of the molecule is CN1[C@@H]2CC[C@H]1CC(CN1CCc3ncc(C(=O)NO)cc3C1)C2. The summed E-state index contributed by atoms with van der Waals surface area (Å²) >= 11 is 0. The van der Waals surface area contributed by atoms with Gasteiger partial charge in [0, 0.05) is 50.0 Å². The van der Waals surface area contributed by atoms with Gasteiger partial charge in [0.25, 0.3) is 5.91 Å². The number of fused-ring (bicyclic) bond motifs is 3. The number of hydrogen-bond donors (Lipinski definition) is 2. The highest BCUT2D eigenvalue weighted by atomic mass is 16.5. The third kappa shape index (κ3) is 2.94. The number of piperidine rings is 1. The molecule has 24 heavy (non-hydrogen) atoms. The molecule has 1 amide bonds. The van der Waals surface area contributed by atoms with Crippen LogP contribution in [0.25, 0.3) is 0 Å². The second-order valence-corrected chi connectivity index (χ2v) is 7.64. The summed E-state index contributed by atoms with van der Waals surface area (Å²) in [4.78, 5) is 21.1. The molecule has 1 unspecified atom stereocenters. The molecule has 0 spiro atoms. The monoisotopic (exact) mass is 330 g/mol. The topological polar surface area (TPSA) is 68.7 Å². The van der Waals surface area contributed by atoms with Gasteiger partial charge in [0.05, 0.1) is 5.56 Å². The van der Waals surface area contributed by atoms with Crippen LogP contribution in [0.1, 0.15) is 47.3 Å². The molecule has 0 aliphatic carbocycles. The molecule has 3 aliphatic heterocycles. The van der Waals surface area contributed by atoms with Gasteiger partial charge in [-0.15, -0.1) is 0 Å². The summed E-state index contributed by atoms with van der Waals surface area (Å²) in [6.07, 6.45) is 7.86.